The number of methoxy groups -OCH3 is 1. The third-order valence-electron chi connectivity index (χ3n) is 3.83. The molecule has 0 aliphatic carbocycles. The average molecular weight is 338 g/mol. The van der Waals surface area contributed by atoms with Crippen LogP contribution in [0.1, 0.15) is 15.9 Å². The lowest BCUT2D eigenvalue weighted by molar-refractivity contribution is 0.103. The predicted molar refractivity (Wildman–Crippen MR) is 97.7 cm³/mol. The van der Waals surface area contributed by atoms with E-state index in [2.05, 4.69) is 0 Å². The van der Waals surface area contributed by atoms with Crippen molar-refractivity contribution in [1.82, 2.24) is 0 Å². The number of nitrogens with two attached hydrogens (primary N) is 1. The molecule has 0 atom stereocenters. The van der Waals surface area contributed by atoms with Crippen LogP contribution in [0.25, 0.3) is 11.1 Å². The number of nitrogen functional groups attached to an aromatic ring is 1. The van der Waals surface area contributed by atoms with Crippen LogP contribution in [0.5, 0.6) is 5.75 Å². The van der Waals surface area contributed by atoms with Gasteiger partial charge in [0.1, 0.15) is 5.75 Å². The molecule has 3 rings (SSSR count). The summed E-state index contributed by atoms with van der Waals surface area (Å²) in [6.45, 7) is 0. The number of ketones is 1. The largest absolute Gasteiger partial charge is 0.497 e. The van der Waals surface area contributed by atoms with Crippen molar-refractivity contribution in [2.75, 3.05) is 12.8 Å². The van der Waals surface area contributed by atoms with Crippen molar-refractivity contribution >= 4 is 23.1 Å². The minimum atomic E-state index is -0.0763. The van der Waals surface area contributed by atoms with Gasteiger partial charge < -0.3 is 10.5 Å². The van der Waals surface area contributed by atoms with Crippen molar-refractivity contribution in [3.63, 3.8) is 0 Å². The molecule has 0 amide bonds. The Kier molecular flexibility index (Phi) is 4.54. The maximum absolute atomic E-state index is 12.9. The quantitative estimate of drug-likeness (QED) is 0.548. The number of rotatable bonds is 4. The Morgan fingerprint density at radius 3 is 2.38 bits per heavy atom. The molecule has 0 unspecified atom stereocenters. The van der Waals surface area contributed by atoms with Crippen LogP contribution in [0.2, 0.25) is 5.02 Å². The average Bonchev–Trinajstić information content (AvgIpc) is 2.63. The van der Waals surface area contributed by atoms with Gasteiger partial charge in [0.25, 0.3) is 0 Å². The summed E-state index contributed by atoms with van der Waals surface area (Å²) in [7, 11) is 1.59. The van der Waals surface area contributed by atoms with E-state index in [4.69, 9.17) is 22.1 Å². The zero-order valence-electron chi connectivity index (χ0n) is 13.1. The minimum absolute atomic E-state index is 0.0763. The van der Waals surface area contributed by atoms with Crippen LogP contribution in [-0.4, -0.2) is 12.9 Å². The summed E-state index contributed by atoms with van der Waals surface area (Å²) in [5, 5.41) is 0.575. The molecule has 2 N–H and O–H groups in total. The standard InChI is InChI=1S/C20H16ClNO2/c1-24-15-9-6-13(7-10-15)20(23)17-5-3-2-4-16(17)18-12-14(21)8-11-19(18)22/h2-12H,22H2,1H3. The molecule has 3 aromatic carbocycles. The van der Waals surface area contributed by atoms with Crippen LogP contribution in [-0.2, 0) is 0 Å². The van der Waals surface area contributed by atoms with Crippen LogP contribution in [0.15, 0.2) is 66.7 Å². The van der Waals surface area contributed by atoms with E-state index < -0.39 is 0 Å². The molecule has 24 heavy (non-hydrogen) atoms. The highest BCUT2D eigenvalue weighted by atomic mass is 35.5. The van der Waals surface area contributed by atoms with Crippen molar-refractivity contribution < 1.29 is 9.53 Å². The Bertz CT molecular complexity index is 888. The summed E-state index contributed by atoms with van der Waals surface area (Å²) >= 11 is 6.09. The molecule has 120 valence electrons. The molecule has 0 heterocycles. The van der Waals surface area contributed by atoms with E-state index in [9.17, 15) is 4.79 Å². The first-order chi connectivity index (χ1) is 11.6. The van der Waals surface area contributed by atoms with Gasteiger partial charge in [0.2, 0.25) is 0 Å². The second-order valence-electron chi connectivity index (χ2n) is 5.33. The topological polar surface area (TPSA) is 52.3 Å². The molecule has 0 radical (unpaired) electrons. The molecule has 0 aliphatic rings. The zero-order valence-corrected chi connectivity index (χ0v) is 13.9. The summed E-state index contributed by atoms with van der Waals surface area (Å²) in [6, 6.07) is 19.7. The molecular formula is C20H16ClNO2. The molecule has 0 bridgehead atoms. The summed E-state index contributed by atoms with van der Waals surface area (Å²) in [4.78, 5) is 12.9. The number of hydrogen-bond donors (Lipinski definition) is 1. The number of benzene rings is 3. The van der Waals surface area contributed by atoms with Crippen molar-refractivity contribution in [1.29, 1.82) is 0 Å². The number of halogens is 1. The zero-order chi connectivity index (χ0) is 17.1. The highest BCUT2D eigenvalue weighted by molar-refractivity contribution is 6.31. The van der Waals surface area contributed by atoms with Gasteiger partial charge in [-0.05, 0) is 48.0 Å². The fourth-order valence-electron chi connectivity index (χ4n) is 2.58. The Balaban J connectivity index is 2.08. The van der Waals surface area contributed by atoms with Crippen LogP contribution < -0.4 is 10.5 Å². The molecule has 0 aliphatic heterocycles. The number of anilines is 1. The van der Waals surface area contributed by atoms with Crippen LogP contribution in [0.4, 0.5) is 5.69 Å². The van der Waals surface area contributed by atoms with E-state index in [0.717, 1.165) is 11.1 Å². The Morgan fingerprint density at radius 1 is 0.958 bits per heavy atom. The lowest BCUT2D eigenvalue weighted by Gasteiger charge is -2.12. The Morgan fingerprint density at radius 2 is 1.67 bits per heavy atom. The highest BCUT2D eigenvalue weighted by Crippen LogP contribution is 2.32. The number of carbonyl (C=O) groups excluding carboxylic acids is 1. The lowest BCUT2D eigenvalue weighted by Crippen LogP contribution is -2.04. The number of carbonyl (C=O) groups is 1. The third-order valence-corrected chi connectivity index (χ3v) is 4.06. The predicted octanol–water partition coefficient (Wildman–Crippen LogP) is 4.83. The van der Waals surface area contributed by atoms with Gasteiger partial charge in [0.05, 0.1) is 7.11 Å². The van der Waals surface area contributed by atoms with E-state index in [1.165, 1.54) is 0 Å². The van der Waals surface area contributed by atoms with Gasteiger partial charge in [-0.2, -0.15) is 0 Å². The molecule has 0 spiro atoms. The van der Waals surface area contributed by atoms with E-state index >= 15 is 0 Å². The molecule has 3 aromatic rings. The third kappa shape index (κ3) is 3.12. The maximum Gasteiger partial charge on any atom is 0.193 e. The van der Waals surface area contributed by atoms with Gasteiger partial charge in [-0.3, -0.25) is 4.79 Å². The SMILES string of the molecule is COc1ccc(C(=O)c2ccccc2-c2cc(Cl)ccc2N)cc1. The van der Waals surface area contributed by atoms with Crippen LogP contribution >= 0.6 is 11.6 Å². The van der Waals surface area contributed by atoms with E-state index in [1.807, 2.05) is 18.2 Å². The summed E-state index contributed by atoms with van der Waals surface area (Å²) in [6.07, 6.45) is 0. The molecule has 3 nitrogen and oxygen atoms in total. The molecule has 0 aromatic heterocycles. The first-order valence-corrected chi connectivity index (χ1v) is 7.81. The Labute approximate surface area is 145 Å². The second-order valence-corrected chi connectivity index (χ2v) is 5.77. The number of ether oxygens (including phenoxy) is 1. The molecule has 0 fully saturated rings. The summed E-state index contributed by atoms with van der Waals surface area (Å²) in [5.41, 5.74) is 9.34. The molecular weight excluding hydrogens is 322 g/mol. The first kappa shape index (κ1) is 16.1. The van der Waals surface area contributed by atoms with Gasteiger partial charge in [0, 0.05) is 27.4 Å². The second kappa shape index (κ2) is 6.77. The van der Waals surface area contributed by atoms with Gasteiger partial charge in [-0.25, -0.2) is 0 Å². The van der Waals surface area contributed by atoms with Crippen molar-refractivity contribution in [3.05, 3.63) is 82.9 Å². The normalized spacial score (nSPS) is 10.4. The van der Waals surface area contributed by atoms with Crippen molar-refractivity contribution in [2.45, 2.75) is 0 Å². The highest BCUT2D eigenvalue weighted by Gasteiger charge is 2.16. The molecule has 0 saturated heterocycles. The van der Waals surface area contributed by atoms with Gasteiger partial charge >= 0.3 is 0 Å². The van der Waals surface area contributed by atoms with E-state index in [0.29, 0.717) is 27.6 Å². The summed E-state index contributed by atoms with van der Waals surface area (Å²) in [5.74, 6) is 0.631. The van der Waals surface area contributed by atoms with E-state index in [1.54, 1.807) is 55.6 Å². The number of hydrogen-bond acceptors (Lipinski definition) is 3. The van der Waals surface area contributed by atoms with E-state index in [-0.39, 0.29) is 5.78 Å². The minimum Gasteiger partial charge on any atom is -0.497 e. The van der Waals surface area contributed by atoms with Gasteiger partial charge in [-0.1, -0.05) is 35.9 Å². The van der Waals surface area contributed by atoms with Gasteiger partial charge in [-0.15, -0.1) is 0 Å². The van der Waals surface area contributed by atoms with Crippen LogP contribution in [0.3, 0.4) is 0 Å². The summed E-state index contributed by atoms with van der Waals surface area (Å²) < 4.78 is 5.13. The molecule has 0 saturated carbocycles. The molecule has 4 heteroatoms. The Hall–Kier alpha value is -2.78. The van der Waals surface area contributed by atoms with Crippen molar-refractivity contribution in [2.24, 2.45) is 0 Å². The lowest BCUT2D eigenvalue weighted by atomic mass is 9.93. The maximum atomic E-state index is 12.9. The fourth-order valence-corrected chi connectivity index (χ4v) is 2.75. The first-order valence-electron chi connectivity index (χ1n) is 7.43. The smallest absolute Gasteiger partial charge is 0.193 e. The van der Waals surface area contributed by atoms with Gasteiger partial charge in [0.15, 0.2) is 5.78 Å². The van der Waals surface area contributed by atoms with Crippen LogP contribution in [0, 0.1) is 0 Å². The fraction of sp³-hybridized carbons (Fsp3) is 0.0500. The monoisotopic (exact) mass is 337 g/mol. The van der Waals surface area contributed by atoms with Crippen molar-refractivity contribution in [3.8, 4) is 16.9 Å².